The molecule has 4 aromatic rings. The fourth-order valence-corrected chi connectivity index (χ4v) is 9.04. The smallest absolute Gasteiger partial charge is 0.319 e. The van der Waals surface area contributed by atoms with Crippen LogP contribution < -0.4 is 20.7 Å². The predicted octanol–water partition coefficient (Wildman–Crippen LogP) is 6.08. The van der Waals surface area contributed by atoms with Crippen LogP contribution in [0.15, 0.2) is 18.2 Å². The van der Waals surface area contributed by atoms with Crippen LogP contribution >= 0.6 is 11.3 Å². The van der Waals surface area contributed by atoms with E-state index in [9.17, 15) is 22.8 Å². The molecule has 4 saturated heterocycles. The van der Waals surface area contributed by atoms with Gasteiger partial charge in [0, 0.05) is 60.0 Å². The van der Waals surface area contributed by atoms with Crippen molar-refractivity contribution < 1.29 is 26.7 Å². The van der Waals surface area contributed by atoms with E-state index in [4.69, 9.17) is 10.5 Å². The number of rotatable bonds is 6. The second-order valence-electron chi connectivity index (χ2n) is 12.8. The van der Waals surface area contributed by atoms with Crippen LogP contribution in [0.1, 0.15) is 49.7 Å². The molecule has 0 spiro atoms. The molecule has 3 N–H and O–H groups in total. The highest BCUT2D eigenvalue weighted by Crippen LogP contribution is 2.47. The number of hydrogen-bond acceptors (Lipinski definition) is 9. The van der Waals surface area contributed by atoms with E-state index in [-0.39, 0.29) is 67.6 Å². The van der Waals surface area contributed by atoms with Crippen LogP contribution in [0.2, 0.25) is 0 Å². The molecule has 0 saturated carbocycles. The van der Waals surface area contributed by atoms with Gasteiger partial charge in [0.25, 0.3) is 6.43 Å². The van der Waals surface area contributed by atoms with Gasteiger partial charge in [-0.2, -0.15) is 15.2 Å². The Morgan fingerprint density at radius 1 is 1.17 bits per heavy atom. The number of nitrogens with two attached hydrogens (primary N) is 1. The molecule has 2 aromatic heterocycles. The lowest BCUT2D eigenvalue weighted by molar-refractivity contribution is 0.107. The summed E-state index contributed by atoms with van der Waals surface area (Å²) in [5.74, 6) is -1.48. The van der Waals surface area contributed by atoms with Crippen molar-refractivity contribution in [2.24, 2.45) is 0 Å². The summed E-state index contributed by atoms with van der Waals surface area (Å²) in [6.07, 6.45) is -0.236. The summed E-state index contributed by atoms with van der Waals surface area (Å²) < 4.78 is 82.2. The van der Waals surface area contributed by atoms with Gasteiger partial charge in [-0.15, -0.1) is 11.3 Å². The van der Waals surface area contributed by atoms with E-state index in [1.54, 1.807) is 0 Å². The number of nitrogen functional groups attached to an aromatic ring is 1. The Labute approximate surface area is 264 Å². The van der Waals surface area contributed by atoms with Gasteiger partial charge in [0.1, 0.15) is 41.0 Å². The molecule has 0 amide bonds. The van der Waals surface area contributed by atoms with E-state index in [2.05, 4.69) is 20.2 Å². The lowest BCUT2D eigenvalue weighted by Crippen LogP contribution is -2.51. The Bertz CT molecular complexity index is 1920. The fourth-order valence-electron chi connectivity index (χ4n) is 8.09. The first-order chi connectivity index (χ1) is 22.2. The standard InChI is InChI=1S/C32H30F5N7OS/c33-15-9-32(6-1-7-44(32)11-15)14-45-31-41-26-20(30(42-31)43-12-16-2-3-17(13-43)40-16)8-19(28(36)37)23(25(26)35)18-4-5-22(34)27-24(18)21(10-38)29(39)46-27/h4-5,8,15-17,28,40H,1-3,6-7,9,11-14,39H2/t15-,16?,17?,32+/m1/s1. The monoisotopic (exact) mass is 655 g/mol. The molecule has 2 bridgehead atoms. The van der Waals surface area contributed by atoms with Crippen LogP contribution in [0, 0.1) is 23.0 Å². The van der Waals surface area contributed by atoms with E-state index >= 15 is 4.39 Å². The van der Waals surface area contributed by atoms with Crippen LogP contribution in [0.5, 0.6) is 6.01 Å². The third kappa shape index (κ3) is 4.57. The molecule has 46 heavy (non-hydrogen) atoms. The predicted molar refractivity (Wildman–Crippen MR) is 165 cm³/mol. The number of nitrogens with zero attached hydrogens (tertiary/aromatic N) is 5. The average molecular weight is 656 g/mol. The summed E-state index contributed by atoms with van der Waals surface area (Å²) >= 11 is 0.800. The lowest BCUT2D eigenvalue weighted by Gasteiger charge is -2.35. The zero-order valence-electron chi connectivity index (χ0n) is 24.6. The summed E-state index contributed by atoms with van der Waals surface area (Å²) in [4.78, 5) is 13.2. The van der Waals surface area contributed by atoms with E-state index in [1.807, 2.05) is 11.0 Å². The van der Waals surface area contributed by atoms with E-state index < -0.39 is 40.9 Å². The largest absolute Gasteiger partial charge is 0.461 e. The Morgan fingerprint density at radius 3 is 2.70 bits per heavy atom. The van der Waals surface area contributed by atoms with Gasteiger partial charge in [-0.25, -0.2) is 22.0 Å². The topological polar surface area (TPSA) is 103 Å². The van der Waals surface area contributed by atoms with Crippen molar-refractivity contribution in [3.8, 4) is 23.2 Å². The van der Waals surface area contributed by atoms with Crippen molar-refractivity contribution in [3.05, 3.63) is 41.0 Å². The Kier molecular flexibility index (Phi) is 7.00. The number of nitrogens with one attached hydrogen (secondary N) is 1. The maximum Gasteiger partial charge on any atom is 0.319 e. The first-order valence-electron chi connectivity index (χ1n) is 15.4. The molecule has 6 heterocycles. The SMILES string of the molecule is N#Cc1c(N)sc2c(F)ccc(-c3c(C(F)F)cc4c(N5CC6CCC(C5)N6)nc(OC[C@@]56CCCN5C[C@H](F)C6)nc4c3F)c12. The molecule has 4 aliphatic heterocycles. The van der Waals surface area contributed by atoms with Gasteiger partial charge in [0.15, 0.2) is 5.82 Å². The van der Waals surface area contributed by atoms with Gasteiger partial charge in [-0.1, -0.05) is 6.07 Å². The number of alkyl halides is 3. The highest BCUT2D eigenvalue weighted by Gasteiger charge is 2.49. The fraction of sp³-hybridized carbons (Fsp3) is 0.469. The van der Waals surface area contributed by atoms with Crippen molar-refractivity contribution in [1.82, 2.24) is 20.2 Å². The number of thiophene rings is 1. The second kappa shape index (κ2) is 10.9. The van der Waals surface area contributed by atoms with Crippen LogP contribution in [0.4, 0.5) is 32.8 Å². The minimum absolute atomic E-state index is 0.0000394. The van der Waals surface area contributed by atoms with E-state index in [0.717, 1.165) is 49.6 Å². The molecular formula is C32H30F5N7OS. The minimum atomic E-state index is -3.12. The molecule has 4 atom stereocenters. The number of fused-ring (bicyclic) bond motifs is 5. The van der Waals surface area contributed by atoms with Crippen LogP contribution in [-0.4, -0.2) is 71.4 Å². The van der Waals surface area contributed by atoms with Crippen molar-refractivity contribution in [1.29, 1.82) is 5.26 Å². The summed E-state index contributed by atoms with van der Waals surface area (Å²) in [7, 11) is 0. The van der Waals surface area contributed by atoms with E-state index in [1.165, 1.54) is 12.1 Å². The lowest BCUT2D eigenvalue weighted by atomic mass is 9.93. The van der Waals surface area contributed by atoms with Crippen LogP contribution in [0.3, 0.4) is 0 Å². The van der Waals surface area contributed by atoms with E-state index in [0.29, 0.717) is 26.1 Å². The highest BCUT2D eigenvalue weighted by atomic mass is 32.1. The van der Waals surface area contributed by atoms with Crippen molar-refractivity contribution in [2.45, 2.75) is 62.3 Å². The van der Waals surface area contributed by atoms with Crippen molar-refractivity contribution in [2.75, 3.05) is 43.4 Å². The Morgan fingerprint density at radius 2 is 1.96 bits per heavy atom. The molecule has 0 aliphatic carbocycles. The number of hydrogen-bond donors (Lipinski definition) is 2. The second-order valence-corrected chi connectivity index (χ2v) is 13.9. The summed E-state index contributed by atoms with van der Waals surface area (Å²) in [5.41, 5.74) is 3.93. The number of ether oxygens (including phenoxy) is 1. The van der Waals surface area contributed by atoms with Crippen molar-refractivity contribution >= 4 is 43.1 Å². The quantitative estimate of drug-likeness (QED) is 0.241. The molecule has 0 radical (unpaired) electrons. The molecule has 4 aliphatic rings. The third-order valence-electron chi connectivity index (χ3n) is 10.1. The number of aromatic nitrogens is 2. The van der Waals surface area contributed by atoms with Gasteiger partial charge >= 0.3 is 6.01 Å². The minimum Gasteiger partial charge on any atom is -0.461 e. The summed E-state index contributed by atoms with van der Waals surface area (Å²) in [6.45, 7) is 2.27. The number of piperazine rings is 1. The first kappa shape index (κ1) is 29.6. The number of nitriles is 1. The molecular weight excluding hydrogens is 625 g/mol. The zero-order chi connectivity index (χ0) is 31.9. The van der Waals surface area contributed by atoms with Gasteiger partial charge in [-0.3, -0.25) is 4.90 Å². The van der Waals surface area contributed by atoms with Crippen LogP contribution in [-0.2, 0) is 0 Å². The Hall–Kier alpha value is -3.80. The molecule has 4 fully saturated rings. The van der Waals surface area contributed by atoms with Gasteiger partial charge < -0.3 is 20.7 Å². The number of benzene rings is 2. The van der Waals surface area contributed by atoms with Crippen molar-refractivity contribution in [3.63, 3.8) is 0 Å². The molecule has 14 heteroatoms. The maximum absolute atomic E-state index is 17.0. The Balaban J connectivity index is 1.32. The zero-order valence-corrected chi connectivity index (χ0v) is 25.4. The number of halogens is 5. The number of anilines is 2. The molecule has 240 valence electrons. The highest BCUT2D eigenvalue weighted by molar-refractivity contribution is 7.23. The first-order valence-corrected chi connectivity index (χ1v) is 16.2. The third-order valence-corrected chi connectivity index (χ3v) is 11.1. The normalized spacial score (nSPS) is 26.0. The maximum atomic E-state index is 17.0. The van der Waals surface area contributed by atoms with Crippen LogP contribution in [0.25, 0.3) is 32.1 Å². The molecule has 8 nitrogen and oxygen atoms in total. The van der Waals surface area contributed by atoms with Gasteiger partial charge in [0.2, 0.25) is 0 Å². The average Bonchev–Trinajstić information content (AvgIpc) is 3.76. The summed E-state index contributed by atoms with van der Waals surface area (Å²) in [5, 5.41) is 13.4. The van der Waals surface area contributed by atoms with Gasteiger partial charge in [-0.05, 0) is 49.9 Å². The molecule has 2 aromatic carbocycles. The van der Waals surface area contributed by atoms with Gasteiger partial charge in [0.05, 0.1) is 15.8 Å². The molecule has 2 unspecified atom stereocenters. The molecule has 8 rings (SSSR count). The summed E-state index contributed by atoms with van der Waals surface area (Å²) in [6, 6.07) is 5.56.